The second-order valence-electron chi connectivity index (χ2n) is 9.92. The van der Waals surface area contributed by atoms with Crippen molar-refractivity contribution in [2.45, 2.75) is 30.8 Å². The van der Waals surface area contributed by atoms with Crippen molar-refractivity contribution in [3.8, 4) is 0 Å². The van der Waals surface area contributed by atoms with Crippen LogP contribution in [0.5, 0.6) is 0 Å². The predicted molar refractivity (Wildman–Crippen MR) is 133 cm³/mol. The number of hydrogen-bond acceptors (Lipinski definition) is 4. The van der Waals surface area contributed by atoms with Crippen LogP contribution in [-0.4, -0.2) is 76.6 Å². The summed E-state index contributed by atoms with van der Waals surface area (Å²) in [6.07, 6.45) is 1.32. The number of H-pyrrole nitrogens is 1. The molecule has 1 unspecified atom stereocenters. The number of alkyl halides is 1. The van der Waals surface area contributed by atoms with Crippen molar-refractivity contribution in [2.75, 3.05) is 37.6 Å². The fraction of sp³-hybridized carbons (Fsp3) is 0.385. The quantitative estimate of drug-likeness (QED) is 0.565. The molecule has 3 aromatic rings. The average Bonchev–Trinajstić information content (AvgIpc) is 3.60. The second-order valence-corrected chi connectivity index (χ2v) is 10.3. The zero-order valence-corrected chi connectivity index (χ0v) is 20.6. The molecule has 8 nitrogen and oxygen atoms in total. The molecule has 0 saturated carbocycles. The largest absolute Gasteiger partial charge is 0.339 e. The molecule has 37 heavy (non-hydrogen) atoms. The summed E-state index contributed by atoms with van der Waals surface area (Å²) in [6, 6.07) is 7.93. The molecule has 192 valence electrons. The Morgan fingerprint density at radius 3 is 2.65 bits per heavy atom. The first-order chi connectivity index (χ1) is 17.8. The van der Waals surface area contributed by atoms with E-state index in [0.29, 0.717) is 23.4 Å². The molecular formula is C26H24ClF2N5O3. The van der Waals surface area contributed by atoms with Gasteiger partial charge in [-0.3, -0.25) is 19.5 Å². The van der Waals surface area contributed by atoms with Crippen LogP contribution in [0, 0.1) is 5.82 Å². The maximum Gasteiger partial charge on any atom is 0.253 e. The average molecular weight is 528 g/mol. The summed E-state index contributed by atoms with van der Waals surface area (Å²) in [7, 11) is 0. The first kappa shape index (κ1) is 23.8. The van der Waals surface area contributed by atoms with Crippen molar-refractivity contribution in [1.29, 1.82) is 0 Å². The summed E-state index contributed by atoms with van der Waals surface area (Å²) in [6.45, 7) is 0.557. The molecule has 4 heterocycles. The number of hydrogen-bond donors (Lipinski definition) is 1. The molecule has 1 N–H and O–H groups in total. The predicted octanol–water partition coefficient (Wildman–Crippen LogP) is 3.45. The van der Waals surface area contributed by atoms with Crippen molar-refractivity contribution in [2.24, 2.45) is 0 Å². The Morgan fingerprint density at radius 1 is 1.14 bits per heavy atom. The molecule has 0 radical (unpaired) electrons. The number of nitrogens with one attached hydrogen (secondary N) is 1. The van der Waals surface area contributed by atoms with Gasteiger partial charge in [0.25, 0.3) is 5.91 Å². The lowest BCUT2D eigenvalue weighted by molar-refractivity contribution is -0.131. The van der Waals surface area contributed by atoms with Crippen molar-refractivity contribution < 1.29 is 23.2 Å². The molecule has 0 aliphatic carbocycles. The van der Waals surface area contributed by atoms with Crippen LogP contribution in [0.4, 0.5) is 14.5 Å². The number of benzene rings is 2. The second kappa shape index (κ2) is 8.79. The van der Waals surface area contributed by atoms with Crippen LogP contribution < -0.4 is 4.90 Å². The molecule has 3 amide bonds. The number of nitrogens with zero attached hydrogens (tertiary/aromatic N) is 4. The number of halogens is 3. The van der Waals surface area contributed by atoms with E-state index >= 15 is 0 Å². The summed E-state index contributed by atoms with van der Waals surface area (Å²) in [4.78, 5) is 44.4. The third-order valence-corrected chi connectivity index (χ3v) is 8.23. The molecule has 2 saturated heterocycles. The van der Waals surface area contributed by atoms with Crippen molar-refractivity contribution in [1.82, 2.24) is 20.0 Å². The normalized spacial score (nSPS) is 20.8. The number of rotatable bonds is 3. The number of carbonyl (C=O) groups is 3. The summed E-state index contributed by atoms with van der Waals surface area (Å²) in [5.74, 6) is -1.52. The van der Waals surface area contributed by atoms with Gasteiger partial charge < -0.3 is 14.7 Å². The maximum atomic E-state index is 14.6. The number of likely N-dealkylation sites (tertiary alicyclic amines) is 2. The Bertz CT molecular complexity index is 1430. The van der Waals surface area contributed by atoms with Gasteiger partial charge in [0, 0.05) is 36.1 Å². The van der Waals surface area contributed by atoms with E-state index in [-0.39, 0.29) is 68.2 Å². The number of fused-ring (bicyclic) bond motifs is 3. The summed E-state index contributed by atoms with van der Waals surface area (Å²) >= 11 is 6.43. The van der Waals surface area contributed by atoms with Gasteiger partial charge in [0.15, 0.2) is 0 Å². The van der Waals surface area contributed by atoms with Gasteiger partial charge in [0.05, 0.1) is 34.4 Å². The van der Waals surface area contributed by atoms with Crippen LogP contribution in [0.2, 0.25) is 5.02 Å². The highest BCUT2D eigenvalue weighted by molar-refractivity contribution is 6.33. The Kier molecular flexibility index (Phi) is 5.67. The highest BCUT2D eigenvalue weighted by Gasteiger charge is 2.54. The van der Waals surface area contributed by atoms with E-state index in [1.165, 1.54) is 21.9 Å². The topological polar surface area (TPSA) is 89.6 Å². The van der Waals surface area contributed by atoms with Gasteiger partial charge in [-0.2, -0.15) is 5.10 Å². The van der Waals surface area contributed by atoms with Gasteiger partial charge in [-0.05, 0) is 49.6 Å². The Labute approximate surface area is 216 Å². The Hall–Kier alpha value is -3.53. The number of aromatic amines is 1. The van der Waals surface area contributed by atoms with Gasteiger partial charge in [-0.25, -0.2) is 8.78 Å². The van der Waals surface area contributed by atoms with Crippen LogP contribution in [0.25, 0.3) is 10.9 Å². The molecule has 6 rings (SSSR count). The van der Waals surface area contributed by atoms with Crippen molar-refractivity contribution in [3.05, 3.63) is 58.5 Å². The molecule has 1 spiro atoms. The highest BCUT2D eigenvalue weighted by atomic mass is 35.5. The Balaban J connectivity index is 1.26. The van der Waals surface area contributed by atoms with E-state index in [2.05, 4.69) is 10.2 Å². The van der Waals surface area contributed by atoms with E-state index in [1.807, 2.05) is 0 Å². The van der Waals surface area contributed by atoms with Gasteiger partial charge in [0.2, 0.25) is 11.8 Å². The van der Waals surface area contributed by atoms with E-state index in [9.17, 15) is 23.2 Å². The lowest BCUT2D eigenvalue weighted by Gasteiger charge is -2.38. The van der Waals surface area contributed by atoms with Crippen molar-refractivity contribution in [3.63, 3.8) is 0 Å². The number of amides is 3. The first-order valence-corrected chi connectivity index (χ1v) is 12.6. The van der Waals surface area contributed by atoms with Crippen LogP contribution in [0.1, 0.15) is 35.2 Å². The summed E-state index contributed by atoms with van der Waals surface area (Å²) in [5.41, 5.74) is 0.948. The van der Waals surface area contributed by atoms with Gasteiger partial charge in [0.1, 0.15) is 18.5 Å². The van der Waals surface area contributed by atoms with E-state index in [4.69, 9.17) is 11.6 Å². The molecule has 2 fully saturated rings. The number of carbonyl (C=O) groups excluding carboxylic acids is 3. The zero-order valence-electron chi connectivity index (χ0n) is 19.8. The standard InChI is InChI=1S/C26H24ClF2N5O3/c27-23-18(29)2-4-20-22(23)26(25(37)34(20)14-21(35)33-8-5-17(28)13-33)6-9-32(10-7-26)24(36)15-1-3-19-16(11-15)12-30-31-19/h1-4,11-12,17H,5-10,13-14H2,(H,30,31). The smallest absolute Gasteiger partial charge is 0.253 e. The van der Waals surface area contributed by atoms with Crippen LogP contribution in [0.15, 0.2) is 36.5 Å². The van der Waals surface area contributed by atoms with Crippen molar-refractivity contribution >= 4 is 45.9 Å². The molecule has 0 bridgehead atoms. The monoisotopic (exact) mass is 527 g/mol. The number of anilines is 1. The van der Waals surface area contributed by atoms with Gasteiger partial charge in [-0.1, -0.05) is 11.6 Å². The summed E-state index contributed by atoms with van der Waals surface area (Å²) in [5, 5.41) is 7.51. The fourth-order valence-electron chi connectivity index (χ4n) is 5.85. The van der Waals surface area contributed by atoms with E-state index in [0.717, 1.165) is 10.9 Å². The minimum Gasteiger partial charge on any atom is -0.339 e. The Morgan fingerprint density at radius 2 is 1.92 bits per heavy atom. The molecule has 1 atom stereocenters. The lowest BCUT2D eigenvalue weighted by atomic mass is 9.73. The van der Waals surface area contributed by atoms with E-state index in [1.54, 1.807) is 29.3 Å². The number of aromatic nitrogens is 2. The molecule has 1 aromatic heterocycles. The highest BCUT2D eigenvalue weighted by Crippen LogP contribution is 2.51. The van der Waals surface area contributed by atoms with Gasteiger partial charge >= 0.3 is 0 Å². The van der Waals surface area contributed by atoms with Crippen LogP contribution in [-0.2, 0) is 15.0 Å². The lowest BCUT2D eigenvalue weighted by Crippen LogP contribution is -2.51. The molecule has 11 heteroatoms. The SMILES string of the molecule is O=C(CN1C(=O)C2(CCN(C(=O)c3ccc4[nH]ncc4c3)CC2)c2c1ccc(F)c2Cl)N1CCC(F)C1. The van der Waals surface area contributed by atoms with Crippen LogP contribution in [0.3, 0.4) is 0 Å². The van der Waals surface area contributed by atoms with E-state index < -0.39 is 17.4 Å². The summed E-state index contributed by atoms with van der Waals surface area (Å²) < 4.78 is 28.3. The van der Waals surface area contributed by atoms with Gasteiger partial charge in [-0.15, -0.1) is 0 Å². The fourth-order valence-corrected chi connectivity index (χ4v) is 6.19. The zero-order chi connectivity index (χ0) is 25.9. The molecule has 2 aromatic carbocycles. The third kappa shape index (κ3) is 3.77. The minimum atomic E-state index is -1.15. The first-order valence-electron chi connectivity index (χ1n) is 12.2. The third-order valence-electron chi connectivity index (χ3n) is 7.86. The molecular weight excluding hydrogens is 504 g/mol. The van der Waals surface area contributed by atoms with Crippen LogP contribution >= 0.6 is 11.6 Å². The molecule has 3 aliphatic heterocycles. The maximum absolute atomic E-state index is 14.6. The minimum absolute atomic E-state index is 0.00468. The molecule has 3 aliphatic rings. The number of piperidine rings is 1.